The number of urea groups is 1. The molecule has 4 amide bonds. The summed E-state index contributed by atoms with van der Waals surface area (Å²) in [7, 11) is 4.25. The summed E-state index contributed by atoms with van der Waals surface area (Å²) in [6.45, 7) is 5.03. The number of piperidine rings is 2. The number of benzene rings is 2. The van der Waals surface area contributed by atoms with Crippen molar-refractivity contribution in [1.29, 1.82) is 0 Å². The third-order valence-electron chi connectivity index (χ3n) is 10.5. The number of hydrogen-bond donors (Lipinski definition) is 4. The highest BCUT2D eigenvalue weighted by atomic mass is 19.1. The Bertz CT molecular complexity index is 2150. The zero-order valence-corrected chi connectivity index (χ0v) is 31.6. The number of nitrogens with zero attached hydrogens (tertiary/aromatic N) is 6. The lowest BCUT2D eigenvalue weighted by molar-refractivity contribution is -0.134. The number of fused-ring (bicyclic) bond motifs is 1. The van der Waals surface area contributed by atoms with Crippen LogP contribution in [-0.2, 0) is 29.3 Å². The van der Waals surface area contributed by atoms with Gasteiger partial charge in [0.15, 0.2) is 0 Å². The Labute approximate surface area is 325 Å². The largest absolute Gasteiger partial charge is 0.392 e. The third kappa shape index (κ3) is 9.31. The lowest BCUT2D eigenvalue weighted by Crippen LogP contribution is -2.53. The molecule has 4 N–H and O–H groups in total. The number of para-hydroxylation sites is 1. The summed E-state index contributed by atoms with van der Waals surface area (Å²) >= 11 is 0. The van der Waals surface area contributed by atoms with Gasteiger partial charge in [0.2, 0.25) is 17.8 Å². The van der Waals surface area contributed by atoms with Crippen LogP contribution in [0.15, 0.2) is 73.1 Å². The van der Waals surface area contributed by atoms with Crippen LogP contribution < -0.4 is 25.8 Å². The van der Waals surface area contributed by atoms with E-state index in [4.69, 9.17) is 0 Å². The highest BCUT2D eigenvalue weighted by Gasteiger charge is 2.37. The average Bonchev–Trinajstić information content (AvgIpc) is 3.52. The lowest BCUT2D eigenvalue weighted by Gasteiger charge is -2.34. The van der Waals surface area contributed by atoms with Crippen LogP contribution in [0.2, 0.25) is 0 Å². The molecular weight excluding hydrogens is 714 g/mol. The zero-order chi connectivity index (χ0) is 39.2. The van der Waals surface area contributed by atoms with Crippen molar-refractivity contribution >= 4 is 40.6 Å². The second-order valence-corrected chi connectivity index (χ2v) is 14.8. The molecule has 0 aliphatic carbocycles. The van der Waals surface area contributed by atoms with Crippen molar-refractivity contribution in [3.05, 3.63) is 107 Å². The van der Waals surface area contributed by atoms with Crippen molar-refractivity contribution in [2.75, 3.05) is 60.8 Å². The van der Waals surface area contributed by atoms with Gasteiger partial charge in [0.05, 0.1) is 30.3 Å². The first-order valence-electron chi connectivity index (χ1n) is 18.9. The van der Waals surface area contributed by atoms with Gasteiger partial charge < -0.3 is 30.4 Å². The third-order valence-corrected chi connectivity index (χ3v) is 10.5. The first-order chi connectivity index (χ1) is 27.1. The van der Waals surface area contributed by atoms with Crippen LogP contribution in [0, 0.1) is 23.7 Å². The second kappa shape index (κ2) is 17.3. The summed E-state index contributed by atoms with van der Waals surface area (Å²) < 4.78 is 13.6. The molecule has 2 fully saturated rings. The molecule has 3 aliphatic rings. The van der Waals surface area contributed by atoms with Gasteiger partial charge in [-0.2, -0.15) is 4.39 Å². The van der Waals surface area contributed by atoms with Gasteiger partial charge in [0.1, 0.15) is 11.7 Å². The fourth-order valence-electron chi connectivity index (χ4n) is 7.78. The van der Waals surface area contributed by atoms with E-state index in [2.05, 4.69) is 102 Å². The first-order valence-corrected chi connectivity index (χ1v) is 18.9. The van der Waals surface area contributed by atoms with E-state index in [1.807, 2.05) is 12.1 Å². The van der Waals surface area contributed by atoms with Crippen LogP contribution in [0.1, 0.15) is 53.6 Å². The molecule has 1 unspecified atom stereocenters. The number of imide groups is 1. The maximum Gasteiger partial charge on any atom is 0.323 e. The fraction of sp³-hybridized carbons (Fsp3) is 0.357. The standard InChI is InChI=1S/C42H46FN9O4/c1-49(24-30-15-18-51(19-16-30)25-31-4-3-5-36-40(31)50(2)27-52(36)37-12-13-39(54)48-41(37)55)23-29-8-6-28(7-9-29)10-11-33-20-34(14-17-44-33)46-42(56)47-35-21-38(43)45-22-32(35)26-53/h3-9,14,17,20-22,30,37,53H,12-13,15-16,18-19,23-27H2,1-2H3,(H,48,54,55)(H2,44,45,46,47,56). The number of aromatic nitrogens is 2. The summed E-state index contributed by atoms with van der Waals surface area (Å²) in [4.78, 5) is 54.0. The van der Waals surface area contributed by atoms with E-state index in [9.17, 15) is 23.9 Å². The fourth-order valence-corrected chi connectivity index (χ4v) is 7.78. The Morgan fingerprint density at radius 2 is 1.82 bits per heavy atom. The lowest BCUT2D eigenvalue weighted by atomic mass is 9.95. The number of rotatable bonds is 10. The highest BCUT2D eigenvalue weighted by molar-refractivity contribution is 6.02. The minimum Gasteiger partial charge on any atom is -0.392 e. The van der Waals surface area contributed by atoms with Gasteiger partial charge >= 0.3 is 6.03 Å². The maximum atomic E-state index is 13.6. The molecule has 0 bridgehead atoms. The molecule has 0 radical (unpaired) electrons. The van der Waals surface area contributed by atoms with Crippen molar-refractivity contribution in [1.82, 2.24) is 25.1 Å². The zero-order valence-electron chi connectivity index (χ0n) is 31.6. The molecule has 14 heteroatoms. The van der Waals surface area contributed by atoms with Gasteiger partial charge in [-0.25, -0.2) is 14.8 Å². The number of aliphatic hydroxyl groups is 1. The summed E-state index contributed by atoms with van der Waals surface area (Å²) in [5, 5.41) is 17.2. The normalized spacial score (nSPS) is 17.3. The molecule has 4 aromatic rings. The molecule has 3 aliphatic heterocycles. The Hall–Kier alpha value is -5.88. The number of nitrogens with one attached hydrogen (secondary N) is 3. The number of likely N-dealkylation sites (tertiary alicyclic amines) is 1. The van der Waals surface area contributed by atoms with Crippen molar-refractivity contribution < 1.29 is 23.9 Å². The van der Waals surface area contributed by atoms with Crippen molar-refractivity contribution in [3.8, 4) is 11.8 Å². The Morgan fingerprint density at radius 1 is 1.02 bits per heavy atom. The molecule has 13 nitrogen and oxygen atoms in total. The highest BCUT2D eigenvalue weighted by Crippen LogP contribution is 2.41. The van der Waals surface area contributed by atoms with Gasteiger partial charge in [-0.3, -0.25) is 19.8 Å². The molecule has 7 rings (SSSR count). The summed E-state index contributed by atoms with van der Waals surface area (Å²) in [5.41, 5.74) is 6.91. The van der Waals surface area contributed by atoms with Gasteiger partial charge in [-0.15, -0.1) is 0 Å². The summed E-state index contributed by atoms with van der Waals surface area (Å²) in [5.74, 6) is 5.64. The van der Waals surface area contributed by atoms with Crippen LogP contribution in [0.3, 0.4) is 0 Å². The Kier molecular flexibility index (Phi) is 11.9. The maximum absolute atomic E-state index is 13.6. The predicted molar refractivity (Wildman–Crippen MR) is 212 cm³/mol. The number of anilines is 4. The van der Waals surface area contributed by atoms with E-state index in [0.29, 0.717) is 36.8 Å². The molecule has 0 saturated carbocycles. The monoisotopic (exact) mass is 759 g/mol. The molecule has 56 heavy (non-hydrogen) atoms. The number of halogens is 1. The van der Waals surface area contributed by atoms with Crippen LogP contribution in [0.4, 0.5) is 31.9 Å². The van der Waals surface area contributed by atoms with Crippen LogP contribution in [0.25, 0.3) is 0 Å². The molecule has 2 saturated heterocycles. The van der Waals surface area contributed by atoms with Crippen molar-refractivity contribution in [3.63, 3.8) is 0 Å². The summed E-state index contributed by atoms with van der Waals surface area (Å²) in [6.07, 6.45) is 5.89. The molecule has 1 atom stereocenters. The molecule has 0 spiro atoms. The molecule has 5 heterocycles. The number of amides is 4. The van der Waals surface area contributed by atoms with Gasteiger partial charge in [0.25, 0.3) is 0 Å². The number of aliphatic hydroxyl groups excluding tert-OH is 1. The number of carbonyl (C=O) groups is 3. The van der Waals surface area contributed by atoms with E-state index in [0.717, 1.165) is 62.9 Å². The SMILES string of the molecule is CN(Cc1ccc(C#Cc2cc(NC(=O)Nc3cc(F)ncc3CO)ccn2)cc1)CC1CCN(Cc2cccc3c2N(C)CN3C2CCC(=O)NC2=O)CC1. The first kappa shape index (κ1) is 38.4. The van der Waals surface area contributed by atoms with E-state index >= 15 is 0 Å². The number of pyridine rings is 2. The summed E-state index contributed by atoms with van der Waals surface area (Å²) in [6, 6.07) is 17.9. The molecule has 290 valence electrons. The van der Waals surface area contributed by atoms with Crippen molar-refractivity contribution in [2.45, 2.75) is 51.4 Å². The minimum absolute atomic E-state index is 0.127. The Morgan fingerprint density at radius 3 is 2.59 bits per heavy atom. The number of hydrogen-bond acceptors (Lipinski definition) is 10. The van der Waals surface area contributed by atoms with Gasteiger partial charge in [-0.05, 0) is 92.7 Å². The van der Waals surface area contributed by atoms with Crippen LogP contribution in [0.5, 0.6) is 0 Å². The average molecular weight is 760 g/mol. The Balaban J connectivity index is 0.866. The van der Waals surface area contributed by atoms with Crippen molar-refractivity contribution in [2.24, 2.45) is 5.92 Å². The predicted octanol–water partition coefficient (Wildman–Crippen LogP) is 4.51. The van der Waals surface area contributed by atoms with E-state index in [-0.39, 0.29) is 29.1 Å². The second-order valence-electron chi connectivity index (χ2n) is 14.8. The minimum atomic E-state index is -0.771. The van der Waals surface area contributed by atoms with Crippen LogP contribution in [-0.4, -0.2) is 89.2 Å². The van der Waals surface area contributed by atoms with Gasteiger partial charge in [0, 0.05) is 68.4 Å². The topological polar surface area (TPSA) is 146 Å². The molecular formula is C42H46FN9O4. The number of carbonyl (C=O) groups excluding carboxylic acids is 3. The molecule has 2 aromatic carbocycles. The van der Waals surface area contributed by atoms with Crippen LogP contribution >= 0.6 is 0 Å². The van der Waals surface area contributed by atoms with E-state index < -0.39 is 18.6 Å². The smallest absolute Gasteiger partial charge is 0.323 e. The quantitative estimate of drug-likeness (QED) is 0.104. The van der Waals surface area contributed by atoms with E-state index in [1.54, 1.807) is 18.3 Å². The molecule has 2 aromatic heterocycles. The van der Waals surface area contributed by atoms with E-state index in [1.165, 1.54) is 23.0 Å². The van der Waals surface area contributed by atoms with Gasteiger partial charge in [-0.1, -0.05) is 30.2 Å².